The average molecular weight is 400 g/mol. The highest BCUT2D eigenvalue weighted by Gasteiger charge is 2.18. The van der Waals surface area contributed by atoms with Crippen molar-refractivity contribution in [1.82, 2.24) is 9.88 Å². The van der Waals surface area contributed by atoms with Crippen LogP contribution in [0, 0.1) is 13.8 Å². The first-order valence-electron chi connectivity index (χ1n) is 9.62. The molecule has 0 spiro atoms. The van der Waals surface area contributed by atoms with Gasteiger partial charge in [0.1, 0.15) is 12.3 Å². The Balaban J connectivity index is 1.84. The van der Waals surface area contributed by atoms with Crippen molar-refractivity contribution < 1.29 is 23.9 Å². The van der Waals surface area contributed by atoms with Crippen LogP contribution in [0.3, 0.4) is 0 Å². The summed E-state index contributed by atoms with van der Waals surface area (Å²) in [4.78, 5) is 36.4. The van der Waals surface area contributed by atoms with E-state index in [9.17, 15) is 14.4 Å². The lowest BCUT2D eigenvalue weighted by Gasteiger charge is -2.13. The van der Waals surface area contributed by atoms with Crippen LogP contribution in [-0.4, -0.2) is 42.0 Å². The van der Waals surface area contributed by atoms with E-state index in [0.29, 0.717) is 23.5 Å². The number of hydrogen-bond acceptors (Lipinski definition) is 5. The minimum atomic E-state index is -0.671. The number of benzene rings is 1. The molecule has 7 heteroatoms. The Labute approximate surface area is 171 Å². The first-order valence-corrected chi connectivity index (χ1v) is 9.62. The molecule has 0 saturated heterocycles. The monoisotopic (exact) mass is 400 g/mol. The van der Waals surface area contributed by atoms with Crippen molar-refractivity contribution in [1.29, 1.82) is 0 Å². The Kier molecular flexibility index (Phi) is 7.59. The van der Waals surface area contributed by atoms with Gasteiger partial charge in [0.2, 0.25) is 5.78 Å². The fourth-order valence-corrected chi connectivity index (χ4v) is 3.25. The van der Waals surface area contributed by atoms with Gasteiger partial charge in [-0.25, -0.2) is 0 Å². The highest BCUT2D eigenvalue weighted by atomic mass is 16.5. The van der Waals surface area contributed by atoms with E-state index >= 15 is 0 Å². The molecular formula is C22H28N2O5. The molecule has 1 amide bonds. The smallest absolute Gasteiger partial charge is 0.325 e. The van der Waals surface area contributed by atoms with Crippen molar-refractivity contribution in [3.63, 3.8) is 0 Å². The summed E-state index contributed by atoms with van der Waals surface area (Å²) in [5.74, 6) is -0.679. The van der Waals surface area contributed by atoms with Crippen molar-refractivity contribution in [2.75, 3.05) is 19.8 Å². The third-order valence-electron chi connectivity index (χ3n) is 4.49. The Morgan fingerprint density at radius 1 is 1.10 bits per heavy atom. The van der Waals surface area contributed by atoms with Crippen molar-refractivity contribution >= 4 is 17.7 Å². The number of nitrogens with one attached hydrogen (secondary N) is 1. The van der Waals surface area contributed by atoms with Crippen LogP contribution in [-0.2, 0) is 9.53 Å². The number of aryl methyl sites for hydroxylation is 1. The highest BCUT2D eigenvalue weighted by Crippen LogP contribution is 2.20. The van der Waals surface area contributed by atoms with Crippen molar-refractivity contribution in [3.8, 4) is 5.75 Å². The third kappa shape index (κ3) is 5.70. The summed E-state index contributed by atoms with van der Waals surface area (Å²) in [7, 11) is 0. The van der Waals surface area contributed by atoms with Gasteiger partial charge in [0, 0.05) is 28.6 Å². The summed E-state index contributed by atoms with van der Waals surface area (Å²) in [5.41, 5.74) is 2.78. The molecule has 0 bridgehead atoms. The highest BCUT2D eigenvalue weighted by molar-refractivity contribution is 6.00. The second-order valence-corrected chi connectivity index (χ2v) is 6.97. The summed E-state index contributed by atoms with van der Waals surface area (Å²) in [5, 5.41) is 2.48. The van der Waals surface area contributed by atoms with Crippen LogP contribution >= 0.6 is 0 Å². The molecule has 1 aromatic heterocycles. The molecule has 0 unspecified atom stereocenters. The van der Waals surface area contributed by atoms with Crippen LogP contribution in [0.1, 0.15) is 58.9 Å². The number of ketones is 1. The van der Waals surface area contributed by atoms with E-state index in [4.69, 9.17) is 9.47 Å². The molecule has 0 atom stereocenters. The fraction of sp³-hybridized carbons (Fsp3) is 0.409. The molecular weight excluding hydrogens is 372 g/mol. The quantitative estimate of drug-likeness (QED) is 0.516. The van der Waals surface area contributed by atoms with Crippen LogP contribution in [0.5, 0.6) is 5.75 Å². The van der Waals surface area contributed by atoms with Gasteiger partial charge in [0.15, 0.2) is 6.61 Å². The molecule has 1 N–H and O–H groups in total. The third-order valence-corrected chi connectivity index (χ3v) is 4.49. The zero-order valence-corrected chi connectivity index (χ0v) is 17.6. The van der Waals surface area contributed by atoms with Crippen LogP contribution in [0.25, 0.3) is 0 Å². The largest absolute Gasteiger partial charge is 0.494 e. The summed E-state index contributed by atoms with van der Waals surface area (Å²) in [6.07, 6.45) is 0. The maximum atomic E-state index is 12.4. The minimum Gasteiger partial charge on any atom is -0.494 e. The van der Waals surface area contributed by atoms with Gasteiger partial charge in [-0.15, -0.1) is 0 Å². The number of Topliss-reactive ketones (excluding diaryl/α,β-unsaturated/α-hetero) is 1. The summed E-state index contributed by atoms with van der Waals surface area (Å²) >= 11 is 0. The molecule has 156 valence electrons. The molecule has 2 aromatic rings. The summed E-state index contributed by atoms with van der Waals surface area (Å²) < 4.78 is 12.4. The van der Waals surface area contributed by atoms with Gasteiger partial charge in [0.05, 0.1) is 6.61 Å². The average Bonchev–Trinajstić information content (AvgIpc) is 2.99. The van der Waals surface area contributed by atoms with Gasteiger partial charge in [-0.2, -0.15) is 0 Å². The van der Waals surface area contributed by atoms with Crippen LogP contribution < -0.4 is 10.1 Å². The minimum absolute atomic E-state index is 0.233. The van der Waals surface area contributed by atoms with E-state index in [1.165, 1.54) is 0 Å². The number of carbonyl (C=O) groups is 3. The number of ether oxygens (including phenoxy) is 2. The number of hydrogen-bond donors (Lipinski definition) is 1. The van der Waals surface area contributed by atoms with Crippen LogP contribution in [0.4, 0.5) is 0 Å². The van der Waals surface area contributed by atoms with Crippen molar-refractivity contribution in [3.05, 3.63) is 52.8 Å². The molecule has 0 fully saturated rings. The maximum Gasteiger partial charge on any atom is 0.325 e. The predicted octanol–water partition coefficient (Wildman–Crippen LogP) is 3.24. The Morgan fingerprint density at radius 2 is 1.76 bits per heavy atom. The van der Waals surface area contributed by atoms with Crippen molar-refractivity contribution in [2.24, 2.45) is 0 Å². The number of amides is 1. The normalized spacial score (nSPS) is 10.7. The molecule has 0 aliphatic heterocycles. The van der Waals surface area contributed by atoms with Gasteiger partial charge in [-0.3, -0.25) is 14.4 Å². The molecule has 0 saturated carbocycles. The van der Waals surface area contributed by atoms with E-state index in [1.807, 2.05) is 34.6 Å². The first-order chi connectivity index (χ1) is 13.7. The topological polar surface area (TPSA) is 86.6 Å². The number of carbonyl (C=O) groups excluding carboxylic acids is 3. The van der Waals surface area contributed by atoms with Gasteiger partial charge in [-0.1, -0.05) is 0 Å². The van der Waals surface area contributed by atoms with E-state index in [1.54, 1.807) is 30.3 Å². The summed E-state index contributed by atoms with van der Waals surface area (Å²) in [6.45, 7) is 9.63. The molecule has 1 aromatic carbocycles. The van der Waals surface area contributed by atoms with E-state index < -0.39 is 11.9 Å². The number of rotatable bonds is 9. The predicted molar refractivity (Wildman–Crippen MR) is 110 cm³/mol. The molecule has 0 aliphatic rings. The Morgan fingerprint density at radius 3 is 2.31 bits per heavy atom. The zero-order valence-electron chi connectivity index (χ0n) is 17.6. The lowest BCUT2D eigenvalue weighted by molar-refractivity contribution is -0.141. The van der Waals surface area contributed by atoms with Crippen molar-refractivity contribution in [2.45, 2.75) is 40.7 Å². The van der Waals surface area contributed by atoms with Gasteiger partial charge in [-0.05, 0) is 65.0 Å². The molecule has 0 aliphatic carbocycles. The molecule has 29 heavy (non-hydrogen) atoms. The number of esters is 1. The van der Waals surface area contributed by atoms with E-state index in [-0.39, 0.29) is 25.0 Å². The lowest BCUT2D eigenvalue weighted by atomic mass is 10.1. The standard InChI is InChI=1S/C22H28N2O5/c1-6-28-18-9-7-17(8-10-18)22(27)23-12-21(26)29-13-20(25)19-11-15(4)24(14(2)3)16(19)5/h7-11,14H,6,12-13H2,1-5H3,(H,23,27). The van der Waals surface area contributed by atoms with Crippen LogP contribution in [0.2, 0.25) is 0 Å². The zero-order chi connectivity index (χ0) is 21.6. The molecule has 1 heterocycles. The fourth-order valence-electron chi connectivity index (χ4n) is 3.25. The lowest BCUT2D eigenvalue weighted by Crippen LogP contribution is -2.31. The Bertz CT molecular complexity index is 881. The van der Waals surface area contributed by atoms with Gasteiger partial charge >= 0.3 is 5.97 Å². The van der Waals surface area contributed by atoms with E-state index in [0.717, 1.165) is 11.4 Å². The number of nitrogens with zero attached hydrogens (tertiary/aromatic N) is 1. The number of aromatic nitrogens is 1. The Hall–Kier alpha value is -3.09. The van der Waals surface area contributed by atoms with Gasteiger partial charge in [0.25, 0.3) is 5.91 Å². The molecule has 0 radical (unpaired) electrons. The van der Waals surface area contributed by atoms with E-state index in [2.05, 4.69) is 9.88 Å². The second kappa shape index (κ2) is 9.91. The molecule has 7 nitrogen and oxygen atoms in total. The molecule has 2 rings (SSSR count). The van der Waals surface area contributed by atoms with Crippen LogP contribution in [0.15, 0.2) is 30.3 Å². The summed E-state index contributed by atoms with van der Waals surface area (Å²) in [6, 6.07) is 8.63. The SMILES string of the molecule is CCOc1ccc(C(=O)NCC(=O)OCC(=O)c2cc(C)n(C(C)C)c2C)cc1. The maximum absolute atomic E-state index is 12.4. The van der Waals surface area contributed by atoms with Gasteiger partial charge < -0.3 is 19.4 Å². The first kappa shape index (κ1) is 22.2. The second-order valence-electron chi connectivity index (χ2n) is 6.97.